The second kappa shape index (κ2) is 8.98. The Balaban J connectivity index is 2.11. The van der Waals surface area contributed by atoms with Gasteiger partial charge in [-0.15, -0.1) is 0 Å². The second-order valence-electron chi connectivity index (χ2n) is 6.79. The minimum Gasteiger partial charge on any atom is -0.463 e. The number of carbonyl (C=O) groups excluding carboxylic acids is 2. The summed E-state index contributed by atoms with van der Waals surface area (Å²) in [6.07, 6.45) is 0. The Labute approximate surface area is 174 Å². The van der Waals surface area contributed by atoms with Crippen LogP contribution in [0.3, 0.4) is 0 Å². The van der Waals surface area contributed by atoms with E-state index >= 15 is 0 Å². The first-order valence-corrected chi connectivity index (χ1v) is 9.75. The van der Waals surface area contributed by atoms with Gasteiger partial charge in [-0.3, -0.25) is 0 Å². The molecule has 0 aliphatic carbocycles. The van der Waals surface area contributed by atoms with Crippen molar-refractivity contribution < 1.29 is 27.9 Å². The molecule has 0 amide bonds. The molecule has 0 unspecified atom stereocenters. The molecule has 0 saturated heterocycles. The third-order valence-corrected chi connectivity index (χ3v) is 4.79. The average molecular weight is 413 g/mol. The summed E-state index contributed by atoms with van der Waals surface area (Å²) in [5, 5.41) is 3.08. The lowest BCUT2D eigenvalue weighted by Gasteiger charge is -2.28. The van der Waals surface area contributed by atoms with Gasteiger partial charge in [-0.05, 0) is 64.1 Å². The number of halogens is 1. The van der Waals surface area contributed by atoms with Crippen LogP contribution in [0.25, 0.3) is 11.3 Å². The quantitative estimate of drug-likeness (QED) is 0.705. The molecule has 0 spiro atoms. The van der Waals surface area contributed by atoms with Crippen molar-refractivity contribution in [3.8, 4) is 11.3 Å². The first kappa shape index (κ1) is 21.4. The van der Waals surface area contributed by atoms with Gasteiger partial charge in [0.15, 0.2) is 0 Å². The molecule has 0 atom stereocenters. The molecule has 158 valence electrons. The van der Waals surface area contributed by atoms with Crippen molar-refractivity contribution in [3.63, 3.8) is 0 Å². The van der Waals surface area contributed by atoms with Crippen LogP contribution in [-0.4, -0.2) is 25.2 Å². The topological polar surface area (TPSA) is 77.8 Å². The fraction of sp³-hybridized carbons (Fsp3) is 0.304. The van der Waals surface area contributed by atoms with Gasteiger partial charge >= 0.3 is 11.9 Å². The minimum atomic E-state index is -0.793. The predicted octanol–water partition coefficient (Wildman–Crippen LogP) is 4.45. The van der Waals surface area contributed by atoms with E-state index in [0.717, 1.165) is 0 Å². The Morgan fingerprint density at radius 3 is 1.97 bits per heavy atom. The summed E-state index contributed by atoms with van der Waals surface area (Å²) in [5.74, 6) is -1.34. The third-order valence-electron chi connectivity index (χ3n) is 4.79. The van der Waals surface area contributed by atoms with Crippen LogP contribution in [0.2, 0.25) is 0 Å². The van der Waals surface area contributed by atoms with Crippen molar-refractivity contribution in [2.24, 2.45) is 0 Å². The maximum Gasteiger partial charge on any atom is 0.336 e. The van der Waals surface area contributed by atoms with E-state index in [9.17, 15) is 14.0 Å². The molecule has 2 heterocycles. The maximum absolute atomic E-state index is 13.3. The van der Waals surface area contributed by atoms with Crippen LogP contribution in [0.1, 0.15) is 39.4 Å². The lowest BCUT2D eigenvalue weighted by Crippen LogP contribution is -2.32. The lowest BCUT2D eigenvalue weighted by molar-refractivity contribution is -0.139. The van der Waals surface area contributed by atoms with Gasteiger partial charge in [0.25, 0.3) is 0 Å². The highest BCUT2D eigenvalue weighted by atomic mass is 19.1. The highest BCUT2D eigenvalue weighted by Crippen LogP contribution is 2.41. The third kappa shape index (κ3) is 4.15. The van der Waals surface area contributed by atoms with Crippen molar-refractivity contribution in [1.82, 2.24) is 5.32 Å². The normalized spacial score (nSPS) is 14.6. The van der Waals surface area contributed by atoms with Gasteiger partial charge in [0.2, 0.25) is 0 Å². The molecular formula is C23H24FNO5. The van der Waals surface area contributed by atoms with E-state index in [1.165, 1.54) is 12.1 Å². The molecule has 0 bridgehead atoms. The molecule has 7 heteroatoms. The van der Waals surface area contributed by atoms with Crippen LogP contribution in [0, 0.1) is 5.82 Å². The first-order chi connectivity index (χ1) is 14.4. The van der Waals surface area contributed by atoms with Crippen molar-refractivity contribution in [2.45, 2.75) is 33.6 Å². The van der Waals surface area contributed by atoms with Gasteiger partial charge in [0, 0.05) is 17.0 Å². The van der Waals surface area contributed by atoms with Gasteiger partial charge in [0.1, 0.15) is 17.3 Å². The van der Waals surface area contributed by atoms with Crippen LogP contribution in [-0.2, 0) is 19.1 Å². The number of benzene rings is 1. The summed E-state index contributed by atoms with van der Waals surface area (Å²) < 4.78 is 29.8. The molecule has 0 fully saturated rings. The largest absolute Gasteiger partial charge is 0.463 e. The van der Waals surface area contributed by atoms with E-state index in [4.69, 9.17) is 13.9 Å². The summed E-state index contributed by atoms with van der Waals surface area (Å²) in [6, 6.07) is 9.30. The second-order valence-corrected chi connectivity index (χ2v) is 6.79. The minimum absolute atomic E-state index is 0.193. The highest BCUT2D eigenvalue weighted by molar-refractivity contribution is 5.99. The molecule has 1 aliphatic heterocycles. The molecule has 0 radical (unpaired) electrons. The van der Waals surface area contributed by atoms with Gasteiger partial charge in [-0.2, -0.15) is 0 Å². The molecule has 30 heavy (non-hydrogen) atoms. The summed E-state index contributed by atoms with van der Waals surface area (Å²) in [7, 11) is 0. The molecule has 1 aromatic heterocycles. The van der Waals surface area contributed by atoms with E-state index in [2.05, 4.69) is 5.32 Å². The van der Waals surface area contributed by atoms with Crippen LogP contribution >= 0.6 is 0 Å². The number of furan rings is 1. The molecule has 1 aromatic carbocycles. The molecule has 3 rings (SSSR count). The van der Waals surface area contributed by atoms with Crippen molar-refractivity contribution in [1.29, 1.82) is 0 Å². The standard InChI is InChI=1S/C23H24FNO5/c1-5-28-22(26)19-13(3)25-14(4)20(23(27)29-6-2)21(19)18-12-11-17(30-18)15-7-9-16(24)10-8-15/h7-12,21,25H,5-6H2,1-4H3. The predicted molar refractivity (Wildman–Crippen MR) is 109 cm³/mol. The zero-order chi connectivity index (χ0) is 21.8. The smallest absolute Gasteiger partial charge is 0.336 e. The molecular weight excluding hydrogens is 389 g/mol. The fourth-order valence-corrected chi connectivity index (χ4v) is 3.51. The molecule has 6 nitrogen and oxygen atoms in total. The number of nitrogens with one attached hydrogen (secondary N) is 1. The molecule has 0 saturated carbocycles. The van der Waals surface area contributed by atoms with Crippen LogP contribution in [0.15, 0.2) is 63.4 Å². The van der Waals surface area contributed by atoms with Crippen LogP contribution in [0.5, 0.6) is 0 Å². The Morgan fingerprint density at radius 2 is 1.47 bits per heavy atom. The molecule has 1 N–H and O–H groups in total. The van der Waals surface area contributed by atoms with Crippen molar-refractivity contribution in [2.75, 3.05) is 13.2 Å². The van der Waals surface area contributed by atoms with E-state index < -0.39 is 17.9 Å². The number of hydrogen-bond donors (Lipinski definition) is 1. The maximum atomic E-state index is 13.3. The van der Waals surface area contributed by atoms with Crippen molar-refractivity contribution in [3.05, 3.63) is 70.5 Å². The monoisotopic (exact) mass is 413 g/mol. The number of dihydropyridines is 1. The average Bonchev–Trinajstić information content (AvgIpc) is 3.18. The molecule has 2 aromatic rings. The van der Waals surface area contributed by atoms with Crippen LogP contribution < -0.4 is 5.32 Å². The highest BCUT2D eigenvalue weighted by Gasteiger charge is 2.39. The summed E-state index contributed by atoms with van der Waals surface area (Å²) in [5.41, 5.74) is 2.39. The lowest BCUT2D eigenvalue weighted by atomic mass is 9.83. The Bertz CT molecular complexity index is 976. The number of hydrogen-bond acceptors (Lipinski definition) is 6. The summed E-state index contributed by atoms with van der Waals surface area (Å²) in [4.78, 5) is 25.5. The SMILES string of the molecule is CCOC(=O)C1=C(C)NC(C)=C(C(=O)OCC)C1c1ccc(-c2ccc(F)cc2)o1. The Kier molecular flexibility index (Phi) is 6.40. The molecule has 1 aliphatic rings. The number of carbonyl (C=O) groups is 2. The number of rotatable bonds is 6. The number of esters is 2. The van der Waals surface area contributed by atoms with Gasteiger partial charge < -0.3 is 19.2 Å². The van der Waals surface area contributed by atoms with Gasteiger partial charge in [-0.25, -0.2) is 14.0 Å². The van der Waals surface area contributed by atoms with E-state index in [1.54, 1.807) is 52.0 Å². The van der Waals surface area contributed by atoms with Crippen LogP contribution in [0.4, 0.5) is 4.39 Å². The fourth-order valence-electron chi connectivity index (χ4n) is 3.51. The van der Waals surface area contributed by atoms with Crippen molar-refractivity contribution >= 4 is 11.9 Å². The van der Waals surface area contributed by atoms with E-state index in [1.807, 2.05) is 0 Å². The Hall–Kier alpha value is -3.35. The summed E-state index contributed by atoms with van der Waals surface area (Å²) >= 11 is 0. The summed E-state index contributed by atoms with van der Waals surface area (Å²) in [6.45, 7) is 7.30. The van der Waals surface area contributed by atoms with E-state index in [0.29, 0.717) is 28.5 Å². The zero-order valence-corrected chi connectivity index (χ0v) is 17.4. The number of ether oxygens (including phenoxy) is 2. The number of allylic oxidation sites excluding steroid dienone is 2. The Morgan fingerprint density at radius 1 is 0.933 bits per heavy atom. The zero-order valence-electron chi connectivity index (χ0n) is 17.4. The first-order valence-electron chi connectivity index (χ1n) is 9.75. The van der Waals surface area contributed by atoms with Gasteiger partial charge in [0.05, 0.1) is 30.3 Å². The van der Waals surface area contributed by atoms with Gasteiger partial charge in [-0.1, -0.05) is 0 Å². The van der Waals surface area contributed by atoms with E-state index in [-0.39, 0.29) is 30.2 Å².